The maximum Gasteiger partial charge on any atom is 0.197 e. The molecule has 1 N–H and O–H groups in total. The second-order valence-electron chi connectivity index (χ2n) is 6.64. The molecule has 0 bridgehead atoms. The molecule has 0 amide bonds. The summed E-state index contributed by atoms with van der Waals surface area (Å²) >= 11 is 0. The van der Waals surface area contributed by atoms with Gasteiger partial charge in [-0.25, -0.2) is 0 Å². The van der Waals surface area contributed by atoms with Crippen molar-refractivity contribution in [1.29, 1.82) is 0 Å². The number of hydrogen-bond acceptors (Lipinski definition) is 5. The molecule has 6 nitrogen and oxygen atoms in total. The highest BCUT2D eigenvalue weighted by molar-refractivity contribution is 5.89. The molecule has 6 heteroatoms. The van der Waals surface area contributed by atoms with E-state index in [4.69, 9.17) is 13.9 Å². The molecule has 4 rings (SSSR count). The van der Waals surface area contributed by atoms with Gasteiger partial charge < -0.3 is 23.9 Å². The SMILES string of the molecule is COc1cc([O-])c(C[NH+]2CCOCC2)c2oc(-c3ccccc3)cc(=O)c12. The smallest absolute Gasteiger partial charge is 0.197 e. The van der Waals surface area contributed by atoms with Crippen LogP contribution in [0.15, 0.2) is 51.7 Å². The van der Waals surface area contributed by atoms with Crippen molar-refractivity contribution in [3.63, 3.8) is 0 Å². The molecular weight excluding hydrogens is 346 g/mol. The molecule has 0 atom stereocenters. The van der Waals surface area contributed by atoms with Crippen LogP contribution in [0.5, 0.6) is 11.5 Å². The number of benzene rings is 2. The lowest BCUT2D eigenvalue weighted by Gasteiger charge is -2.26. The lowest BCUT2D eigenvalue weighted by atomic mass is 10.1. The van der Waals surface area contributed by atoms with Gasteiger partial charge in [-0.3, -0.25) is 4.79 Å². The predicted molar refractivity (Wildman–Crippen MR) is 99.1 cm³/mol. The molecule has 0 aliphatic carbocycles. The van der Waals surface area contributed by atoms with Crippen molar-refractivity contribution < 1.29 is 23.9 Å². The Kier molecular flexibility index (Phi) is 4.83. The number of hydrogen-bond donors (Lipinski definition) is 1. The first-order valence-corrected chi connectivity index (χ1v) is 8.99. The fourth-order valence-corrected chi connectivity index (χ4v) is 3.49. The van der Waals surface area contributed by atoms with E-state index in [1.165, 1.54) is 24.1 Å². The Morgan fingerprint density at radius 1 is 1.15 bits per heavy atom. The van der Waals surface area contributed by atoms with Gasteiger partial charge in [-0.2, -0.15) is 0 Å². The van der Waals surface area contributed by atoms with Gasteiger partial charge in [0.2, 0.25) is 0 Å². The van der Waals surface area contributed by atoms with Gasteiger partial charge >= 0.3 is 0 Å². The zero-order chi connectivity index (χ0) is 18.8. The summed E-state index contributed by atoms with van der Waals surface area (Å²) in [6.45, 7) is 3.45. The van der Waals surface area contributed by atoms with E-state index in [1.807, 2.05) is 30.3 Å². The Morgan fingerprint density at radius 3 is 2.59 bits per heavy atom. The minimum atomic E-state index is -0.217. The summed E-state index contributed by atoms with van der Waals surface area (Å²) in [6, 6.07) is 12.2. The van der Waals surface area contributed by atoms with Crippen LogP contribution in [0.1, 0.15) is 5.56 Å². The largest absolute Gasteiger partial charge is 0.872 e. The summed E-state index contributed by atoms with van der Waals surface area (Å²) in [6.07, 6.45) is 0. The van der Waals surface area contributed by atoms with Gasteiger partial charge in [0.25, 0.3) is 0 Å². The Balaban J connectivity index is 1.91. The van der Waals surface area contributed by atoms with Crippen molar-refractivity contribution in [2.45, 2.75) is 6.54 Å². The third kappa shape index (κ3) is 3.41. The zero-order valence-electron chi connectivity index (χ0n) is 15.1. The van der Waals surface area contributed by atoms with Crippen molar-refractivity contribution in [3.8, 4) is 22.8 Å². The van der Waals surface area contributed by atoms with Crippen LogP contribution < -0.4 is 20.2 Å². The summed E-state index contributed by atoms with van der Waals surface area (Å²) in [5.41, 5.74) is 1.41. The molecule has 0 radical (unpaired) electrons. The molecule has 2 heterocycles. The first-order chi connectivity index (χ1) is 13.2. The van der Waals surface area contributed by atoms with Crippen LogP contribution in [0.3, 0.4) is 0 Å². The molecule has 1 fully saturated rings. The first-order valence-electron chi connectivity index (χ1n) is 8.99. The van der Waals surface area contributed by atoms with E-state index >= 15 is 0 Å². The number of nitrogens with one attached hydrogen (secondary N) is 1. The fourth-order valence-electron chi connectivity index (χ4n) is 3.49. The van der Waals surface area contributed by atoms with Crippen LogP contribution in [0.25, 0.3) is 22.3 Å². The maximum absolute atomic E-state index is 12.8. The number of ether oxygens (including phenoxy) is 2. The third-order valence-electron chi connectivity index (χ3n) is 4.93. The van der Waals surface area contributed by atoms with E-state index in [-0.39, 0.29) is 16.9 Å². The summed E-state index contributed by atoms with van der Waals surface area (Å²) in [7, 11) is 1.45. The average Bonchev–Trinajstić information content (AvgIpc) is 2.71. The molecule has 3 aromatic rings. The summed E-state index contributed by atoms with van der Waals surface area (Å²) in [5.74, 6) is 0.523. The fraction of sp³-hybridized carbons (Fsp3) is 0.286. The molecule has 2 aromatic carbocycles. The monoisotopic (exact) mass is 367 g/mol. The number of morpholine rings is 1. The van der Waals surface area contributed by atoms with Gasteiger partial charge in [-0.1, -0.05) is 36.1 Å². The van der Waals surface area contributed by atoms with Gasteiger partial charge in [-0.05, 0) is 6.07 Å². The van der Waals surface area contributed by atoms with Crippen molar-refractivity contribution in [2.75, 3.05) is 33.4 Å². The lowest BCUT2D eigenvalue weighted by molar-refractivity contribution is -0.921. The molecule has 27 heavy (non-hydrogen) atoms. The van der Waals surface area contributed by atoms with Gasteiger partial charge in [0.15, 0.2) is 11.0 Å². The summed E-state index contributed by atoms with van der Waals surface area (Å²) in [5, 5.41) is 13.1. The van der Waals surface area contributed by atoms with E-state index in [2.05, 4.69) is 0 Å². The molecule has 0 saturated carbocycles. The number of quaternary nitrogens is 1. The average molecular weight is 367 g/mol. The van der Waals surface area contributed by atoms with Crippen LogP contribution in [0, 0.1) is 0 Å². The van der Waals surface area contributed by atoms with Crippen LogP contribution in [0.2, 0.25) is 0 Å². The molecule has 1 aromatic heterocycles. The molecule has 140 valence electrons. The number of rotatable bonds is 4. The molecule has 1 aliphatic rings. The highest BCUT2D eigenvalue weighted by Crippen LogP contribution is 2.34. The Bertz CT molecular complexity index is 1010. The standard InChI is InChI=1S/C21H21NO5/c1-25-19-11-16(23)15(13-22-7-9-26-10-8-22)21-20(19)17(24)12-18(27-21)14-5-3-2-4-6-14/h2-6,11-12,23H,7-10,13H2,1H3. The van der Waals surface area contributed by atoms with E-state index in [0.29, 0.717) is 42.1 Å². The molecular formula is C21H21NO5. The summed E-state index contributed by atoms with van der Waals surface area (Å²) < 4.78 is 16.8. The molecule has 0 spiro atoms. The quantitative estimate of drug-likeness (QED) is 0.743. The van der Waals surface area contributed by atoms with Crippen LogP contribution in [-0.4, -0.2) is 33.4 Å². The normalized spacial score (nSPS) is 15.1. The zero-order valence-corrected chi connectivity index (χ0v) is 15.1. The first kappa shape index (κ1) is 17.6. The van der Waals surface area contributed by atoms with Gasteiger partial charge in [0, 0.05) is 17.2 Å². The van der Waals surface area contributed by atoms with Gasteiger partial charge in [0.1, 0.15) is 36.5 Å². The van der Waals surface area contributed by atoms with Crippen LogP contribution in [0.4, 0.5) is 0 Å². The van der Waals surface area contributed by atoms with Crippen molar-refractivity contribution >= 4 is 11.0 Å². The molecule has 1 saturated heterocycles. The second-order valence-corrected chi connectivity index (χ2v) is 6.64. The van der Waals surface area contributed by atoms with Crippen LogP contribution >= 0.6 is 0 Å². The molecule has 0 unspecified atom stereocenters. The maximum atomic E-state index is 12.8. The minimum absolute atomic E-state index is 0.174. The number of fused-ring (bicyclic) bond motifs is 1. The van der Waals surface area contributed by atoms with Gasteiger partial charge in [-0.15, -0.1) is 0 Å². The third-order valence-corrected chi connectivity index (χ3v) is 4.93. The van der Waals surface area contributed by atoms with Crippen molar-refractivity contribution in [1.82, 2.24) is 0 Å². The molecule has 1 aliphatic heterocycles. The van der Waals surface area contributed by atoms with Crippen molar-refractivity contribution in [2.24, 2.45) is 0 Å². The van der Waals surface area contributed by atoms with Gasteiger partial charge in [0.05, 0.1) is 20.3 Å². The van der Waals surface area contributed by atoms with Crippen LogP contribution in [-0.2, 0) is 11.3 Å². The van der Waals surface area contributed by atoms with E-state index < -0.39 is 0 Å². The number of methoxy groups -OCH3 is 1. The lowest BCUT2D eigenvalue weighted by Crippen LogP contribution is -3.12. The highest BCUT2D eigenvalue weighted by Gasteiger charge is 2.21. The van der Waals surface area contributed by atoms with E-state index in [0.717, 1.165) is 18.7 Å². The second kappa shape index (κ2) is 7.42. The highest BCUT2D eigenvalue weighted by atomic mass is 16.5. The topological polar surface area (TPSA) is 76.2 Å². The Hall–Kier alpha value is -2.83. The van der Waals surface area contributed by atoms with Crippen molar-refractivity contribution in [3.05, 3.63) is 58.3 Å². The van der Waals surface area contributed by atoms with E-state index in [1.54, 1.807) is 0 Å². The predicted octanol–water partition coefficient (Wildman–Crippen LogP) is 0.957. The Labute approximate surface area is 156 Å². The minimum Gasteiger partial charge on any atom is -0.872 e. The summed E-state index contributed by atoms with van der Waals surface area (Å²) in [4.78, 5) is 14.1. The Morgan fingerprint density at radius 2 is 1.89 bits per heavy atom. The van der Waals surface area contributed by atoms with E-state index in [9.17, 15) is 9.90 Å².